The van der Waals surface area contributed by atoms with Crippen LogP contribution in [0.15, 0.2) is 18.2 Å². The van der Waals surface area contributed by atoms with Crippen molar-refractivity contribution in [3.8, 4) is 5.75 Å². The molecule has 0 saturated carbocycles. The molecule has 1 amide bonds. The van der Waals surface area contributed by atoms with Crippen molar-refractivity contribution < 1.29 is 9.53 Å². The molecule has 2 unspecified atom stereocenters. The Balaban J connectivity index is 2.06. The zero-order valence-corrected chi connectivity index (χ0v) is 12.5. The van der Waals surface area contributed by atoms with Crippen LogP contribution in [0.5, 0.6) is 5.75 Å². The van der Waals surface area contributed by atoms with E-state index in [0.717, 1.165) is 30.9 Å². The van der Waals surface area contributed by atoms with Crippen LogP contribution in [0.4, 0.5) is 5.69 Å². The number of carbonyl (C=O) groups excluding carboxylic acids is 1. The lowest BCUT2D eigenvalue weighted by Gasteiger charge is -2.22. The van der Waals surface area contributed by atoms with Gasteiger partial charge in [0, 0.05) is 24.2 Å². The number of anilines is 1. The van der Waals surface area contributed by atoms with Crippen molar-refractivity contribution in [2.45, 2.75) is 25.4 Å². The van der Waals surface area contributed by atoms with Crippen molar-refractivity contribution in [2.24, 2.45) is 5.73 Å². The fourth-order valence-corrected chi connectivity index (χ4v) is 2.51. The van der Waals surface area contributed by atoms with Crippen molar-refractivity contribution in [2.75, 3.05) is 25.1 Å². The summed E-state index contributed by atoms with van der Waals surface area (Å²) in [4.78, 5) is 13.8. The summed E-state index contributed by atoms with van der Waals surface area (Å²) in [5, 5.41) is 3.62. The zero-order valence-electron chi connectivity index (χ0n) is 11.7. The van der Waals surface area contributed by atoms with Crippen molar-refractivity contribution in [1.29, 1.82) is 0 Å². The van der Waals surface area contributed by atoms with E-state index in [-0.39, 0.29) is 11.9 Å². The molecule has 110 valence electrons. The van der Waals surface area contributed by atoms with Crippen LogP contribution in [-0.2, 0) is 4.79 Å². The number of rotatable bonds is 4. The Labute approximate surface area is 124 Å². The number of amides is 1. The molecule has 0 aromatic heterocycles. The SMILES string of the molecule is COc1ccc(Cl)cc1N1CCC(NC(=O)C(C)N)C1. The van der Waals surface area contributed by atoms with Gasteiger partial charge in [0.25, 0.3) is 0 Å². The first-order chi connectivity index (χ1) is 9.51. The third kappa shape index (κ3) is 3.35. The predicted molar refractivity (Wildman–Crippen MR) is 80.4 cm³/mol. The fraction of sp³-hybridized carbons (Fsp3) is 0.500. The van der Waals surface area contributed by atoms with E-state index in [1.165, 1.54) is 0 Å². The van der Waals surface area contributed by atoms with Crippen LogP contribution in [0.3, 0.4) is 0 Å². The molecule has 3 N–H and O–H groups in total. The molecule has 1 aliphatic heterocycles. The minimum absolute atomic E-state index is 0.109. The number of nitrogens with two attached hydrogens (primary N) is 1. The molecule has 1 aromatic rings. The molecule has 5 nitrogen and oxygen atoms in total. The molecule has 1 aliphatic rings. The number of hydrogen-bond acceptors (Lipinski definition) is 4. The van der Waals surface area contributed by atoms with Gasteiger partial charge in [-0.15, -0.1) is 0 Å². The third-order valence-corrected chi connectivity index (χ3v) is 3.66. The Morgan fingerprint density at radius 3 is 3.00 bits per heavy atom. The summed E-state index contributed by atoms with van der Waals surface area (Å²) < 4.78 is 5.36. The smallest absolute Gasteiger partial charge is 0.236 e. The summed E-state index contributed by atoms with van der Waals surface area (Å²) in [6, 6.07) is 5.17. The van der Waals surface area contributed by atoms with Crippen molar-refractivity contribution in [3.63, 3.8) is 0 Å². The Morgan fingerprint density at radius 2 is 2.35 bits per heavy atom. The highest BCUT2D eigenvalue weighted by molar-refractivity contribution is 6.30. The molecule has 1 saturated heterocycles. The average molecular weight is 298 g/mol. The molecule has 1 aromatic carbocycles. The molecule has 6 heteroatoms. The second-order valence-corrected chi connectivity index (χ2v) is 5.48. The highest BCUT2D eigenvalue weighted by Crippen LogP contribution is 2.33. The van der Waals surface area contributed by atoms with Gasteiger partial charge in [-0.25, -0.2) is 0 Å². The van der Waals surface area contributed by atoms with Gasteiger partial charge in [0.1, 0.15) is 5.75 Å². The van der Waals surface area contributed by atoms with Gasteiger partial charge in [-0.05, 0) is 31.5 Å². The van der Waals surface area contributed by atoms with Gasteiger partial charge < -0.3 is 20.7 Å². The van der Waals surface area contributed by atoms with Crippen LogP contribution in [-0.4, -0.2) is 38.2 Å². The van der Waals surface area contributed by atoms with Crippen LogP contribution < -0.4 is 20.7 Å². The van der Waals surface area contributed by atoms with E-state index in [2.05, 4.69) is 10.2 Å². The molecule has 2 atom stereocenters. The molecule has 2 rings (SSSR count). The van der Waals surface area contributed by atoms with E-state index in [4.69, 9.17) is 22.1 Å². The van der Waals surface area contributed by atoms with Crippen molar-refractivity contribution in [1.82, 2.24) is 5.32 Å². The maximum Gasteiger partial charge on any atom is 0.236 e. The highest BCUT2D eigenvalue weighted by atomic mass is 35.5. The number of halogens is 1. The van der Waals surface area contributed by atoms with E-state index in [9.17, 15) is 4.79 Å². The summed E-state index contributed by atoms with van der Waals surface area (Å²) in [6.07, 6.45) is 0.883. The molecule has 0 aliphatic carbocycles. The third-order valence-electron chi connectivity index (χ3n) is 3.43. The summed E-state index contributed by atoms with van der Waals surface area (Å²) in [5.74, 6) is 0.670. The Hall–Kier alpha value is -1.46. The van der Waals surface area contributed by atoms with Crippen LogP contribution in [0.2, 0.25) is 5.02 Å². The number of nitrogens with zero attached hydrogens (tertiary/aromatic N) is 1. The van der Waals surface area contributed by atoms with Crippen LogP contribution in [0.25, 0.3) is 0 Å². The first kappa shape index (κ1) is 14.9. The molecular weight excluding hydrogens is 278 g/mol. The van der Waals surface area contributed by atoms with Crippen LogP contribution in [0.1, 0.15) is 13.3 Å². The molecule has 0 radical (unpaired) electrons. The van der Waals surface area contributed by atoms with Gasteiger partial charge in [-0.1, -0.05) is 11.6 Å². The lowest BCUT2D eigenvalue weighted by molar-refractivity contribution is -0.122. The van der Waals surface area contributed by atoms with Crippen LogP contribution in [0, 0.1) is 0 Å². The minimum atomic E-state index is -0.482. The van der Waals surface area contributed by atoms with Gasteiger partial charge in [0.05, 0.1) is 18.8 Å². The van der Waals surface area contributed by atoms with E-state index >= 15 is 0 Å². The number of benzene rings is 1. The van der Waals surface area contributed by atoms with E-state index in [0.29, 0.717) is 5.02 Å². The molecule has 1 heterocycles. The Bertz CT molecular complexity index is 493. The van der Waals surface area contributed by atoms with Crippen molar-refractivity contribution >= 4 is 23.2 Å². The average Bonchev–Trinajstić information content (AvgIpc) is 2.87. The molecular formula is C14H20ClN3O2. The quantitative estimate of drug-likeness (QED) is 0.881. The van der Waals surface area contributed by atoms with Crippen molar-refractivity contribution in [3.05, 3.63) is 23.2 Å². The Kier molecular flexibility index (Phi) is 4.73. The number of hydrogen-bond donors (Lipinski definition) is 2. The molecule has 20 heavy (non-hydrogen) atoms. The lowest BCUT2D eigenvalue weighted by atomic mass is 10.2. The highest BCUT2D eigenvalue weighted by Gasteiger charge is 2.26. The van der Waals surface area contributed by atoms with Crippen LogP contribution >= 0.6 is 11.6 Å². The molecule has 0 bridgehead atoms. The molecule has 1 fully saturated rings. The summed E-state index contributed by atoms with van der Waals surface area (Å²) in [6.45, 7) is 3.26. The van der Waals surface area contributed by atoms with Gasteiger partial charge in [0.15, 0.2) is 0 Å². The number of methoxy groups -OCH3 is 1. The second kappa shape index (κ2) is 6.33. The van der Waals surface area contributed by atoms with Gasteiger partial charge in [-0.2, -0.15) is 0 Å². The van der Waals surface area contributed by atoms with Gasteiger partial charge >= 0.3 is 0 Å². The monoisotopic (exact) mass is 297 g/mol. The number of carbonyl (C=O) groups is 1. The minimum Gasteiger partial charge on any atom is -0.495 e. The van der Waals surface area contributed by atoms with E-state index in [1.54, 1.807) is 20.1 Å². The number of ether oxygens (including phenoxy) is 1. The summed E-state index contributed by atoms with van der Waals surface area (Å²) in [7, 11) is 1.64. The number of nitrogens with one attached hydrogen (secondary N) is 1. The first-order valence-corrected chi connectivity index (χ1v) is 7.03. The maximum absolute atomic E-state index is 11.6. The summed E-state index contributed by atoms with van der Waals surface area (Å²) in [5.41, 5.74) is 6.52. The predicted octanol–water partition coefficient (Wildman–Crippen LogP) is 1.39. The largest absolute Gasteiger partial charge is 0.495 e. The topological polar surface area (TPSA) is 67.6 Å². The fourth-order valence-electron chi connectivity index (χ4n) is 2.34. The maximum atomic E-state index is 11.6. The van der Waals surface area contributed by atoms with Gasteiger partial charge in [-0.3, -0.25) is 4.79 Å². The standard InChI is InChI=1S/C14H20ClN3O2/c1-9(16)14(19)17-11-5-6-18(8-11)12-7-10(15)3-4-13(12)20-2/h3-4,7,9,11H,5-6,8,16H2,1-2H3,(H,17,19). The van der Waals surface area contributed by atoms with Gasteiger partial charge in [0.2, 0.25) is 5.91 Å². The van der Waals surface area contributed by atoms with E-state index in [1.807, 2.05) is 12.1 Å². The second-order valence-electron chi connectivity index (χ2n) is 5.05. The first-order valence-electron chi connectivity index (χ1n) is 6.65. The summed E-state index contributed by atoms with van der Waals surface area (Å²) >= 11 is 6.05. The normalized spacial score (nSPS) is 19.8. The lowest BCUT2D eigenvalue weighted by Crippen LogP contribution is -2.44. The molecule has 0 spiro atoms. The Morgan fingerprint density at radius 1 is 1.60 bits per heavy atom. The zero-order chi connectivity index (χ0) is 14.7. The van der Waals surface area contributed by atoms with E-state index < -0.39 is 6.04 Å².